The zero-order valence-corrected chi connectivity index (χ0v) is 22.2. The predicted octanol–water partition coefficient (Wildman–Crippen LogP) is 0.447. The number of primary amides is 1. The van der Waals surface area contributed by atoms with Crippen LogP contribution < -0.4 is 16.2 Å². The van der Waals surface area contributed by atoms with Crippen LogP contribution in [0.4, 0.5) is 4.79 Å². The molecule has 1 aromatic rings. The summed E-state index contributed by atoms with van der Waals surface area (Å²) in [7, 11) is 0. The van der Waals surface area contributed by atoms with Crippen molar-refractivity contribution in [2.24, 2.45) is 5.73 Å². The maximum atomic E-state index is 13.6. The molecule has 2 unspecified atom stereocenters. The summed E-state index contributed by atoms with van der Waals surface area (Å²) in [5, 5.41) is 14.2. The molecule has 0 spiro atoms. The van der Waals surface area contributed by atoms with Crippen molar-refractivity contribution in [2.75, 3.05) is 19.6 Å². The summed E-state index contributed by atoms with van der Waals surface area (Å²) in [6.07, 6.45) is 0.817. The Morgan fingerprint density at radius 1 is 1.11 bits per heavy atom. The standard InChI is InChI=1S/C27H38N4O7/c1-26(2,3)38-25(37)31-15-7-10-20(31)22(33)30-16-13-27(14-17-30,18-8-5-4-6-9-18)24(36)29-19(23(34)35)11-12-21(28)32/h4-6,8-9,19-20H,7,10-17H2,1-3H3,(H2,28,32)(H,29,36)(H,34,35)/p-1. The number of carboxylic acids is 1. The highest BCUT2D eigenvalue weighted by Crippen LogP contribution is 2.37. The van der Waals surface area contributed by atoms with Gasteiger partial charge in [0.15, 0.2) is 0 Å². The fraction of sp³-hybridized carbons (Fsp3) is 0.593. The smallest absolute Gasteiger partial charge is 0.410 e. The van der Waals surface area contributed by atoms with Crippen molar-refractivity contribution < 1.29 is 33.8 Å². The average Bonchev–Trinajstić information content (AvgIpc) is 3.35. The number of aliphatic carboxylic acids is 1. The van der Waals surface area contributed by atoms with Crippen LogP contribution in [0.15, 0.2) is 30.3 Å². The molecule has 2 aliphatic heterocycles. The maximum Gasteiger partial charge on any atom is 0.410 e. The third kappa shape index (κ3) is 6.81. The summed E-state index contributed by atoms with van der Waals surface area (Å²) in [6, 6.07) is 7.00. The highest BCUT2D eigenvalue weighted by atomic mass is 16.6. The normalized spacial score (nSPS) is 19.9. The lowest BCUT2D eigenvalue weighted by Crippen LogP contribution is -2.58. The Kier molecular flexibility index (Phi) is 9.01. The van der Waals surface area contributed by atoms with Gasteiger partial charge in [0.25, 0.3) is 0 Å². The second-order valence-electron chi connectivity index (χ2n) is 11.0. The van der Waals surface area contributed by atoms with Gasteiger partial charge >= 0.3 is 6.09 Å². The van der Waals surface area contributed by atoms with Gasteiger partial charge in [-0.25, -0.2) is 4.79 Å². The van der Waals surface area contributed by atoms with Crippen molar-refractivity contribution in [1.82, 2.24) is 15.1 Å². The van der Waals surface area contributed by atoms with E-state index in [9.17, 15) is 29.1 Å². The van der Waals surface area contributed by atoms with E-state index in [2.05, 4.69) is 5.32 Å². The van der Waals surface area contributed by atoms with Crippen LogP contribution >= 0.6 is 0 Å². The minimum Gasteiger partial charge on any atom is -0.548 e. The van der Waals surface area contributed by atoms with Crippen LogP contribution in [0.3, 0.4) is 0 Å². The molecule has 208 valence electrons. The van der Waals surface area contributed by atoms with Crippen molar-refractivity contribution in [3.63, 3.8) is 0 Å². The van der Waals surface area contributed by atoms with E-state index in [0.717, 1.165) is 0 Å². The number of rotatable bonds is 8. The first-order valence-electron chi connectivity index (χ1n) is 13.0. The fourth-order valence-electron chi connectivity index (χ4n) is 5.12. The second-order valence-corrected chi connectivity index (χ2v) is 11.0. The van der Waals surface area contributed by atoms with E-state index in [1.807, 2.05) is 6.07 Å². The Morgan fingerprint density at radius 2 is 1.74 bits per heavy atom. The van der Waals surface area contributed by atoms with E-state index < -0.39 is 47.0 Å². The maximum absolute atomic E-state index is 13.6. The number of nitrogens with two attached hydrogens (primary N) is 1. The largest absolute Gasteiger partial charge is 0.548 e. The summed E-state index contributed by atoms with van der Waals surface area (Å²) in [5.41, 5.74) is 4.09. The lowest BCUT2D eigenvalue weighted by Gasteiger charge is -2.43. The predicted molar refractivity (Wildman–Crippen MR) is 135 cm³/mol. The number of carboxylic acid groups (broad SMARTS) is 1. The molecule has 4 amide bonds. The van der Waals surface area contributed by atoms with Crippen molar-refractivity contribution in [3.05, 3.63) is 35.9 Å². The monoisotopic (exact) mass is 529 g/mol. The van der Waals surface area contributed by atoms with Crippen molar-refractivity contribution in [1.29, 1.82) is 0 Å². The van der Waals surface area contributed by atoms with Crippen molar-refractivity contribution in [2.45, 2.75) is 82.4 Å². The molecular formula is C27H37N4O7-. The molecule has 0 saturated carbocycles. The third-order valence-corrected chi connectivity index (χ3v) is 7.12. The number of amides is 4. The number of hydrogen-bond acceptors (Lipinski definition) is 7. The molecule has 2 saturated heterocycles. The summed E-state index contributed by atoms with van der Waals surface area (Å²) < 4.78 is 5.48. The Balaban J connectivity index is 1.76. The first-order valence-corrected chi connectivity index (χ1v) is 13.0. The summed E-state index contributed by atoms with van der Waals surface area (Å²) in [6.45, 7) is 6.25. The van der Waals surface area contributed by atoms with Gasteiger partial charge in [0.1, 0.15) is 11.6 Å². The Labute approximate surface area is 222 Å². The number of carbonyl (C=O) groups is 5. The first-order chi connectivity index (χ1) is 17.8. The molecule has 1 aromatic carbocycles. The highest BCUT2D eigenvalue weighted by Gasteiger charge is 2.46. The summed E-state index contributed by atoms with van der Waals surface area (Å²) in [4.78, 5) is 65.7. The van der Waals surface area contributed by atoms with Crippen molar-refractivity contribution >= 4 is 29.8 Å². The molecule has 0 radical (unpaired) electrons. The van der Waals surface area contributed by atoms with Crippen molar-refractivity contribution in [3.8, 4) is 0 Å². The molecule has 0 aromatic heterocycles. The van der Waals surface area contributed by atoms with Crippen LogP contribution in [0.25, 0.3) is 0 Å². The van der Waals surface area contributed by atoms with Crippen LogP contribution in [-0.2, 0) is 29.3 Å². The number of carbonyl (C=O) groups excluding carboxylic acids is 5. The van der Waals surface area contributed by atoms with Gasteiger partial charge in [-0.2, -0.15) is 0 Å². The second kappa shape index (κ2) is 11.8. The third-order valence-electron chi connectivity index (χ3n) is 7.12. The van der Waals surface area contributed by atoms with Crippen LogP contribution in [0, 0.1) is 0 Å². The number of hydrogen-bond donors (Lipinski definition) is 2. The van der Waals surface area contributed by atoms with E-state index in [4.69, 9.17) is 10.5 Å². The molecule has 11 heteroatoms. The van der Waals surface area contributed by atoms with E-state index in [0.29, 0.717) is 24.9 Å². The number of benzene rings is 1. The zero-order chi connectivity index (χ0) is 28.1. The lowest BCUT2D eigenvalue weighted by atomic mass is 9.71. The zero-order valence-electron chi connectivity index (χ0n) is 22.2. The molecule has 2 heterocycles. The van der Waals surface area contributed by atoms with Gasteiger partial charge < -0.3 is 30.6 Å². The molecule has 2 atom stereocenters. The van der Waals surface area contributed by atoms with E-state index in [1.54, 1.807) is 49.9 Å². The van der Waals surface area contributed by atoms with Gasteiger partial charge in [-0.15, -0.1) is 0 Å². The molecule has 0 bridgehead atoms. The fourth-order valence-corrected chi connectivity index (χ4v) is 5.12. The minimum atomic E-state index is -1.50. The molecule has 11 nitrogen and oxygen atoms in total. The molecule has 3 rings (SSSR count). The summed E-state index contributed by atoms with van der Waals surface area (Å²) >= 11 is 0. The van der Waals surface area contributed by atoms with E-state index in [-0.39, 0.29) is 44.7 Å². The van der Waals surface area contributed by atoms with E-state index >= 15 is 0 Å². The molecule has 2 aliphatic rings. The Hall–Kier alpha value is -3.63. The molecular weight excluding hydrogens is 492 g/mol. The lowest BCUT2D eigenvalue weighted by molar-refractivity contribution is -0.308. The van der Waals surface area contributed by atoms with Crippen LogP contribution in [0.2, 0.25) is 0 Å². The Bertz CT molecular complexity index is 1050. The van der Waals surface area contributed by atoms with Gasteiger partial charge in [0.05, 0.1) is 17.4 Å². The molecule has 0 aliphatic carbocycles. The SMILES string of the molecule is CC(C)(C)OC(=O)N1CCCC1C(=O)N1CCC(C(=O)NC(CCC(N)=O)C(=O)[O-])(c2ccccc2)CC1. The van der Waals surface area contributed by atoms with Gasteiger partial charge in [-0.1, -0.05) is 30.3 Å². The van der Waals surface area contributed by atoms with Crippen LogP contribution in [0.5, 0.6) is 0 Å². The topological polar surface area (TPSA) is 162 Å². The van der Waals surface area contributed by atoms with Crippen LogP contribution in [-0.4, -0.2) is 76.9 Å². The van der Waals surface area contributed by atoms with Gasteiger partial charge in [-0.3, -0.25) is 19.3 Å². The van der Waals surface area contributed by atoms with Gasteiger partial charge in [-0.05, 0) is 58.4 Å². The molecule has 2 fully saturated rings. The summed E-state index contributed by atoms with van der Waals surface area (Å²) in [5.74, 6) is -2.88. The van der Waals surface area contributed by atoms with Crippen LogP contribution in [0.1, 0.15) is 64.9 Å². The number of piperidine rings is 1. The number of likely N-dealkylation sites (tertiary alicyclic amines) is 2. The molecule has 38 heavy (non-hydrogen) atoms. The minimum absolute atomic E-state index is 0.179. The quantitative estimate of drug-likeness (QED) is 0.494. The first kappa shape index (κ1) is 28.9. The molecule has 3 N–H and O–H groups in total. The van der Waals surface area contributed by atoms with Gasteiger partial charge in [0, 0.05) is 26.1 Å². The van der Waals surface area contributed by atoms with Gasteiger partial charge in [0.2, 0.25) is 17.7 Å². The van der Waals surface area contributed by atoms with E-state index in [1.165, 1.54) is 4.90 Å². The number of nitrogens with one attached hydrogen (secondary N) is 1. The highest BCUT2D eigenvalue weighted by molar-refractivity contribution is 5.92. The number of nitrogens with zero attached hydrogens (tertiary/aromatic N) is 2. The average molecular weight is 530 g/mol. The number of ether oxygens (including phenoxy) is 1. The Morgan fingerprint density at radius 3 is 2.29 bits per heavy atom.